The van der Waals surface area contributed by atoms with Gasteiger partial charge >= 0.3 is 0 Å². The van der Waals surface area contributed by atoms with Crippen LogP contribution in [-0.4, -0.2) is 30.1 Å². The predicted molar refractivity (Wildman–Crippen MR) is 115 cm³/mol. The summed E-state index contributed by atoms with van der Waals surface area (Å²) in [6.07, 6.45) is 3.48. The van der Waals surface area contributed by atoms with Crippen molar-refractivity contribution in [1.82, 2.24) is 30.1 Å². The quantitative estimate of drug-likeness (QED) is 0.406. The van der Waals surface area contributed by atoms with Crippen molar-refractivity contribution in [1.29, 1.82) is 0 Å². The first-order chi connectivity index (χ1) is 14.8. The Morgan fingerprint density at radius 3 is 2.57 bits per heavy atom. The average Bonchev–Trinajstić information content (AvgIpc) is 3.51. The van der Waals surface area contributed by atoms with Gasteiger partial charge < -0.3 is 4.98 Å². The van der Waals surface area contributed by atoms with Crippen LogP contribution >= 0.6 is 11.3 Å². The summed E-state index contributed by atoms with van der Waals surface area (Å²) in [5.41, 5.74) is 6.52. The Bertz CT molecular complexity index is 1520. The maximum atomic E-state index is 13.6. The lowest BCUT2D eigenvalue weighted by molar-refractivity contribution is 0.657. The van der Waals surface area contributed by atoms with E-state index in [0.29, 0.717) is 11.5 Å². The second-order valence-electron chi connectivity index (χ2n) is 6.79. The zero-order valence-corrected chi connectivity index (χ0v) is 16.2. The predicted octanol–water partition coefficient (Wildman–Crippen LogP) is 5.43. The van der Waals surface area contributed by atoms with E-state index in [1.165, 1.54) is 6.07 Å². The molecule has 0 aliphatic carbocycles. The lowest BCUT2D eigenvalue weighted by Crippen LogP contribution is -1.87. The van der Waals surface area contributed by atoms with Crippen LogP contribution in [0.5, 0.6) is 0 Å². The van der Waals surface area contributed by atoms with Gasteiger partial charge in [0.05, 0.1) is 22.2 Å². The van der Waals surface area contributed by atoms with Gasteiger partial charge in [-0.1, -0.05) is 12.1 Å². The summed E-state index contributed by atoms with van der Waals surface area (Å²) in [7, 11) is 0. The highest BCUT2D eigenvalue weighted by molar-refractivity contribution is 7.14. The van der Waals surface area contributed by atoms with E-state index in [1.807, 2.05) is 42.5 Å². The van der Waals surface area contributed by atoms with Gasteiger partial charge in [0.2, 0.25) is 0 Å². The number of nitrogens with one attached hydrogen (secondary N) is 2. The van der Waals surface area contributed by atoms with E-state index in [2.05, 4.69) is 20.2 Å². The number of H-pyrrole nitrogens is 2. The molecule has 144 valence electrons. The molecule has 0 aliphatic heterocycles. The number of thiophene rings is 1. The highest BCUT2D eigenvalue weighted by Gasteiger charge is 2.17. The Labute approximate surface area is 173 Å². The van der Waals surface area contributed by atoms with Gasteiger partial charge in [0, 0.05) is 28.4 Å². The fourth-order valence-corrected chi connectivity index (χ4v) is 4.31. The average molecular weight is 412 g/mol. The summed E-state index contributed by atoms with van der Waals surface area (Å²) in [4.78, 5) is 17.8. The summed E-state index contributed by atoms with van der Waals surface area (Å²) in [5.74, 6) is 0.611. The fraction of sp³-hybridized carbons (Fsp3) is 0. The van der Waals surface area contributed by atoms with Crippen molar-refractivity contribution in [3.05, 3.63) is 72.1 Å². The first kappa shape index (κ1) is 17.0. The highest BCUT2D eigenvalue weighted by atomic mass is 32.1. The van der Waals surface area contributed by atoms with Gasteiger partial charge in [0.15, 0.2) is 16.6 Å². The van der Waals surface area contributed by atoms with Crippen LogP contribution in [-0.2, 0) is 0 Å². The van der Waals surface area contributed by atoms with E-state index in [1.54, 1.807) is 18.5 Å². The number of imidazole rings is 1. The first-order valence-electron chi connectivity index (χ1n) is 9.26. The normalized spacial score (nSPS) is 11.5. The van der Waals surface area contributed by atoms with Crippen molar-refractivity contribution >= 4 is 33.4 Å². The SMILES string of the molecule is Fc1ccc(-c2cccc3[nH]c(-c4n[nH]c5ccc(-c6ccncc6)nc45)nc23)s1. The van der Waals surface area contributed by atoms with Crippen LogP contribution in [0.1, 0.15) is 0 Å². The molecule has 0 fully saturated rings. The van der Waals surface area contributed by atoms with E-state index in [0.717, 1.165) is 55.1 Å². The van der Waals surface area contributed by atoms with Crippen molar-refractivity contribution in [2.75, 3.05) is 0 Å². The van der Waals surface area contributed by atoms with Gasteiger partial charge in [-0.25, -0.2) is 9.97 Å². The molecule has 0 unspecified atom stereocenters. The van der Waals surface area contributed by atoms with Gasteiger partial charge in [-0.05, 0) is 42.5 Å². The summed E-state index contributed by atoms with van der Waals surface area (Å²) >= 11 is 1.10. The van der Waals surface area contributed by atoms with E-state index in [9.17, 15) is 4.39 Å². The minimum absolute atomic E-state index is 0.219. The zero-order valence-electron chi connectivity index (χ0n) is 15.4. The number of nitrogens with zero attached hydrogens (tertiary/aromatic N) is 4. The van der Waals surface area contributed by atoms with Crippen LogP contribution in [0.25, 0.3) is 55.3 Å². The molecule has 0 saturated heterocycles. The second-order valence-corrected chi connectivity index (χ2v) is 7.83. The molecule has 0 radical (unpaired) electrons. The standard InChI is InChI=1S/C22H13FN6S/c23-18-7-6-17(30-18)13-2-1-3-15-19(13)27-22(26-15)21-20-16(28-29-21)5-4-14(25-20)12-8-10-24-11-9-12/h1-11H,(H,26,27)(H,28,29). The Morgan fingerprint density at radius 1 is 0.833 bits per heavy atom. The number of fused-ring (bicyclic) bond motifs is 2. The molecular formula is C22H13FN6S. The van der Waals surface area contributed by atoms with Gasteiger partial charge in [-0.15, -0.1) is 11.3 Å². The third kappa shape index (κ3) is 2.69. The van der Waals surface area contributed by atoms with Gasteiger partial charge in [0.25, 0.3) is 0 Å². The summed E-state index contributed by atoms with van der Waals surface area (Å²) in [5, 5.41) is 7.26. The number of aromatic nitrogens is 6. The molecule has 0 aliphatic rings. The number of halogens is 1. The van der Waals surface area contributed by atoms with Crippen LogP contribution in [0, 0.1) is 5.13 Å². The third-order valence-electron chi connectivity index (χ3n) is 4.96. The van der Waals surface area contributed by atoms with Crippen LogP contribution in [0.3, 0.4) is 0 Å². The molecule has 0 amide bonds. The molecular weight excluding hydrogens is 399 g/mol. The molecule has 5 heterocycles. The summed E-state index contributed by atoms with van der Waals surface area (Å²) in [6, 6.07) is 16.8. The molecule has 0 saturated carbocycles. The van der Waals surface area contributed by atoms with Gasteiger partial charge in [-0.2, -0.15) is 9.49 Å². The van der Waals surface area contributed by atoms with Crippen molar-refractivity contribution in [2.45, 2.75) is 0 Å². The Kier molecular flexibility index (Phi) is 3.72. The molecule has 2 N–H and O–H groups in total. The van der Waals surface area contributed by atoms with Crippen LogP contribution < -0.4 is 0 Å². The molecule has 6 aromatic rings. The first-order valence-corrected chi connectivity index (χ1v) is 10.1. The minimum Gasteiger partial charge on any atom is -0.336 e. The van der Waals surface area contributed by atoms with Crippen molar-refractivity contribution < 1.29 is 4.39 Å². The van der Waals surface area contributed by atoms with E-state index >= 15 is 0 Å². The fourth-order valence-electron chi connectivity index (χ4n) is 3.55. The van der Waals surface area contributed by atoms with Crippen LogP contribution in [0.15, 0.2) is 67.0 Å². The summed E-state index contributed by atoms with van der Waals surface area (Å²) in [6.45, 7) is 0. The van der Waals surface area contributed by atoms with Crippen molar-refractivity contribution in [3.8, 4) is 33.2 Å². The Hall–Kier alpha value is -3.91. The maximum Gasteiger partial charge on any atom is 0.176 e. The number of pyridine rings is 2. The molecule has 1 aromatic carbocycles. The van der Waals surface area contributed by atoms with Crippen LogP contribution in [0.2, 0.25) is 0 Å². The molecule has 5 aromatic heterocycles. The number of hydrogen-bond donors (Lipinski definition) is 2. The van der Waals surface area contributed by atoms with E-state index < -0.39 is 0 Å². The highest BCUT2D eigenvalue weighted by Crippen LogP contribution is 2.34. The molecule has 8 heteroatoms. The monoisotopic (exact) mass is 412 g/mol. The van der Waals surface area contributed by atoms with Crippen molar-refractivity contribution in [3.63, 3.8) is 0 Å². The Balaban J connectivity index is 1.52. The third-order valence-corrected chi connectivity index (χ3v) is 5.87. The minimum atomic E-state index is -0.219. The summed E-state index contributed by atoms with van der Waals surface area (Å²) < 4.78 is 13.6. The lowest BCUT2D eigenvalue weighted by atomic mass is 10.1. The number of para-hydroxylation sites is 1. The molecule has 6 nitrogen and oxygen atoms in total. The molecule has 0 spiro atoms. The number of rotatable bonds is 3. The largest absolute Gasteiger partial charge is 0.336 e. The topological polar surface area (TPSA) is 83.1 Å². The number of benzene rings is 1. The van der Waals surface area contributed by atoms with Crippen molar-refractivity contribution in [2.24, 2.45) is 0 Å². The van der Waals surface area contributed by atoms with E-state index in [-0.39, 0.29) is 5.13 Å². The van der Waals surface area contributed by atoms with E-state index in [4.69, 9.17) is 9.97 Å². The molecule has 30 heavy (non-hydrogen) atoms. The lowest BCUT2D eigenvalue weighted by Gasteiger charge is -2.00. The number of hydrogen-bond acceptors (Lipinski definition) is 5. The molecule has 0 atom stereocenters. The van der Waals surface area contributed by atoms with Gasteiger partial charge in [-0.3, -0.25) is 10.1 Å². The molecule has 0 bridgehead atoms. The Morgan fingerprint density at radius 2 is 1.73 bits per heavy atom. The smallest absolute Gasteiger partial charge is 0.176 e. The second kappa shape index (κ2) is 6.57. The van der Waals surface area contributed by atoms with Crippen LogP contribution in [0.4, 0.5) is 4.39 Å². The number of aromatic amines is 2. The molecule has 6 rings (SSSR count). The van der Waals surface area contributed by atoms with Gasteiger partial charge in [0.1, 0.15) is 5.52 Å². The maximum absolute atomic E-state index is 13.6. The zero-order chi connectivity index (χ0) is 20.1.